The summed E-state index contributed by atoms with van der Waals surface area (Å²) in [6.07, 6.45) is 1.02. The van der Waals surface area contributed by atoms with Gasteiger partial charge in [-0.3, -0.25) is 0 Å². The second-order valence-electron chi connectivity index (χ2n) is 5.26. The van der Waals surface area contributed by atoms with E-state index < -0.39 is 0 Å². The molecule has 0 amide bonds. The van der Waals surface area contributed by atoms with Gasteiger partial charge in [-0.1, -0.05) is 26.0 Å². The molecule has 0 aromatic heterocycles. The Morgan fingerprint density at radius 2 is 1.75 bits per heavy atom. The molecule has 0 unspecified atom stereocenters. The highest BCUT2D eigenvalue weighted by Gasteiger charge is 2.21. The lowest BCUT2D eigenvalue weighted by atomic mass is 9.96. The van der Waals surface area contributed by atoms with Crippen LogP contribution in [0.4, 0.5) is 0 Å². The van der Waals surface area contributed by atoms with Gasteiger partial charge < -0.3 is 9.84 Å². The molecule has 1 aromatic rings. The van der Waals surface area contributed by atoms with Crippen molar-refractivity contribution in [2.75, 3.05) is 0 Å². The van der Waals surface area contributed by atoms with E-state index in [9.17, 15) is 0 Å². The summed E-state index contributed by atoms with van der Waals surface area (Å²) < 4.78 is 5.93. The summed E-state index contributed by atoms with van der Waals surface area (Å²) in [5, 5.41) is 8.94. The second kappa shape index (κ2) is 5.35. The van der Waals surface area contributed by atoms with E-state index in [-0.39, 0.29) is 12.2 Å². The smallest absolute Gasteiger partial charge is 0.120 e. The molecule has 0 aliphatic heterocycles. The van der Waals surface area contributed by atoms with Crippen LogP contribution in [0.1, 0.15) is 39.7 Å². The summed E-state index contributed by atoms with van der Waals surface area (Å²) in [4.78, 5) is 0. The average Bonchev–Trinajstić information content (AvgIpc) is 2.16. The summed E-state index contributed by atoms with van der Waals surface area (Å²) in [6.45, 7) is 8.68. The predicted octanol–water partition coefficient (Wildman–Crippen LogP) is 3.38. The molecule has 2 heteroatoms. The summed E-state index contributed by atoms with van der Waals surface area (Å²) in [5.74, 6) is 1.48. The number of hydrogen-bond acceptors (Lipinski definition) is 2. The van der Waals surface area contributed by atoms with Crippen LogP contribution in [0.25, 0.3) is 0 Å². The number of benzene rings is 1. The molecular weight excluding hydrogens is 200 g/mol. The molecule has 90 valence electrons. The van der Waals surface area contributed by atoms with Gasteiger partial charge in [0.15, 0.2) is 0 Å². The Bertz CT molecular complexity index is 312. The van der Waals surface area contributed by atoms with Crippen molar-refractivity contribution in [2.24, 2.45) is 5.92 Å². The minimum absolute atomic E-state index is 0.0790. The lowest BCUT2D eigenvalue weighted by molar-refractivity contribution is 0.0852. The van der Waals surface area contributed by atoms with Crippen molar-refractivity contribution in [1.29, 1.82) is 0 Å². The first-order valence-electron chi connectivity index (χ1n) is 5.82. The summed E-state index contributed by atoms with van der Waals surface area (Å²) in [5.41, 5.74) is 0.767. The molecule has 0 aliphatic rings. The highest BCUT2D eigenvalue weighted by Crippen LogP contribution is 2.24. The number of aliphatic hydroxyl groups excluding tert-OH is 1. The Morgan fingerprint density at radius 3 is 2.19 bits per heavy atom. The Labute approximate surface area is 98.3 Å². The van der Waals surface area contributed by atoms with Crippen LogP contribution in [0.5, 0.6) is 5.75 Å². The molecule has 2 nitrogen and oxygen atoms in total. The normalized spacial score (nSPS) is 11.9. The van der Waals surface area contributed by atoms with Gasteiger partial charge in [-0.15, -0.1) is 0 Å². The predicted molar refractivity (Wildman–Crippen MR) is 66.5 cm³/mol. The standard InChI is InChI=1S/C14H22O2/c1-11(2)9-14(3,4)16-13-7-5-12(10-15)6-8-13/h5-8,11,15H,9-10H2,1-4H3. The van der Waals surface area contributed by atoms with E-state index in [2.05, 4.69) is 27.7 Å². The summed E-state index contributed by atoms with van der Waals surface area (Å²) in [6, 6.07) is 7.60. The van der Waals surface area contributed by atoms with Gasteiger partial charge in [-0.25, -0.2) is 0 Å². The van der Waals surface area contributed by atoms with Crippen molar-refractivity contribution in [3.05, 3.63) is 29.8 Å². The Morgan fingerprint density at radius 1 is 1.19 bits per heavy atom. The molecule has 0 aliphatic carbocycles. The Kier molecular flexibility index (Phi) is 4.36. The van der Waals surface area contributed by atoms with Crippen molar-refractivity contribution >= 4 is 0 Å². The molecule has 0 atom stereocenters. The molecule has 16 heavy (non-hydrogen) atoms. The zero-order valence-corrected chi connectivity index (χ0v) is 10.7. The zero-order chi connectivity index (χ0) is 12.2. The van der Waals surface area contributed by atoms with Crippen LogP contribution in [0.2, 0.25) is 0 Å². The highest BCUT2D eigenvalue weighted by molar-refractivity contribution is 5.27. The number of hydrogen-bond donors (Lipinski definition) is 1. The van der Waals surface area contributed by atoms with E-state index in [4.69, 9.17) is 9.84 Å². The van der Waals surface area contributed by atoms with Crippen molar-refractivity contribution in [3.63, 3.8) is 0 Å². The fraction of sp³-hybridized carbons (Fsp3) is 0.571. The molecule has 0 radical (unpaired) electrons. The maximum absolute atomic E-state index is 8.94. The van der Waals surface area contributed by atoms with E-state index in [1.54, 1.807) is 0 Å². The van der Waals surface area contributed by atoms with Crippen LogP contribution < -0.4 is 4.74 Å². The SMILES string of the molecule is CC(C)CC(C)(C)Oc1ccc(CO)cc1. The van der Waals surface area contributed by atoms with E-state index in [1.807, 2.05) is 24.3 Å². The third-order valence-corrected chi connectivity index (χ3v) is 2.40. The van der Waals surface area contributed by atoms with Gasteiger partial charge in [0.1, 0.15) is 11.4 Å². The quantitative estimate of drug-likeness (QED) is 0.827. The second-order valence-corrected chi connectivity index (χ2v) is 5.26. The van der Waals surface area contributed by atoms with Gasteiger partial charge in [0.05, 0.1) is 6.61 Å². The average molecular weight is 222 g/mol. The first-order valence-corrected chi connectivity index (χ1v) is 5.82. The number of rotatable bonds is 5. The molecule has 1 rings (SSSR count). The van der Waals surface area contributed by atoms with Crippen LogP contribution in [-0.2, 0) is 6.61 Å². The minimum atomic E-state index is -0.144. The first kappa shape index (κ1) is 13.0. The largest absolute Gasteiger partial charge is 0.488 e. The van der Waals surface area contributed by atoms with Crippen LogP contribution >= 0.6 is 0 Å². The fourth-order valence-corrected chi connectivity index (χ4v) is 2.01. The van der Waals surface area contributed by atoms with Crippen molar-refractivity contribution in [3.8, 4) is 5.75 Å². The molecular formula is C14H22O2. The number of aliphatic hydroxyl groups is 1. The molecule has 0 bridgehead atoms. The lowest BCUT2D eigenvalue weighted by Crippen LogP contribution is -2.29. The monoisotopic (exact) mass is 222 g/mol. The summed E-state index contributed by atoms with van der Waals surface area (Å²) >= 11 is 0. The van der Waals surface area contributed by atoms with Crippen molar-refractivity contribution in [1.82, 2.24) is 0 Å². The lowest BCUT2D eigenvalue weighted by Gasteiger charge is -2.28. The zero-order valence-electron chi connectivity index (χ0n) is 10.7. The topological polar surface area (TPSA) is 29.5 Å². The van der Waals surface area contributed by atoms with Crippen molar-refractivity contribution in [2.45, 2.75) is 46.3 Å². The molecule has 0 spiro atoms. The van der Waals surface area contributed by atoms with Crippen molar-refractivity contribution < 1.29 is 9.84 Å². The Hall–Kier alpha value is -1.02. The van der Waals surface area contributed by atoms with Gasteiger partial charge >= 0.3 is 0 Å². The van der Waals surface area contributed by atoms with Gasteiger partial charge in [-0.05, 0) is 43.9 Å². The Balaban J connectivity index is 2.64. The maximum Gasteiger partial charge on any atom is 0.120 e. The molecule has 0 fully saturated rings. The van der Waals surface area contributed by atoms with Crippen LogP contribution in [0.3, 0.4) is 0 Å². The van der Waals surface area contributed by atoms with Crippen LogP contribution in [0, 0.1) is 5.92 Å². The maximum atomic E-state index is 8.94. The van der Waals surface area contributed by atoms with Crippen LogP contribution in [-0.4, -0.2) is 10.7 Å². The van der Waals surface area contributed by atoms with Gasteiger partial charge in [0.25, 0.3) is 0 Å². The van der Waals surface area contributed by atoms with Gasteiger partial charge in [0.2, 0.25) is 0 Å². The van der Waals surface area contributed by atoms with E-state index in [1.165, 1.54) is 0 Å². The minimum Gasteiger partial charge on any atom is -0.488 e. The number of ether oxygens (including phenoxy) is 1. The fourth-order valence-electron chi connectivity index (χ4n) is 2.01. The molecule has 0 saturated carbocycles. The summed E-state index contributed by atoms with van der Waals surface area (Å²) in [7, 11) is 0. The molecule has 1 N–H and O–H groups in total. The van der Waals surface area contributed by atoms with Gasteiger partial charge in [-0.2, -0.15) is 0 Å². The van der Waals surface area contributed by atoms with Crippen LogP contribution in [0.15, 0.2) is 24.3 Å². The van der Waals surface area contributed by atoms with E-state index in [0.717, 1.165) is 17.7 Å². The first-order chi connectivity index (χ1) is 7.43. The third-order valence-electron chi connectivity index (χ3n) is 2.40. The molecule has 0 heterocycles. The third kappa shape index (κ3) is 4.23. The highest BCUT2D eigenvalue weighted by atomic mass is 16.5. The van der Waals surface area contributed by atoms with Gasteiger partial charge in [0, 0.05) is 0 Å². The van der Waals surface area contributed by atoms with E-state index >= 15 is 0 Å². The molecule has 0 saturated heterocycles. The van der Waals surface area contributed by atoms with E-state index in [0.29, 0.717) is 5.92 Å². The molecule has 1 aromatic carbocycles.